The van der Waals surface area contributed by atoms with Crippen molar-refractivity contribution in [3.05, 3.63) is 57.8 Å². The van der Waals surface area contributed by atoms with Gasteiger partial charge in [0.05, 0.1) is 11.1 Å². The van der Waals surface area contributed by atoms with Gasteiger partial charge in [-0.25, -0.2) is 5.10 Å². The fraction of sp³-hybridized carbons (Fsp3) is 0.167. The van der Waals surface area contributed by atoms with E-state index in [0.29, 0.717) is 4.77 Å². The van der Waals surface area contributed by atoms with Gasteiger partial charge in [0, 0.05) is 28.7 Å². The first kappa shape index (κ1) is 16.0. The summed E-state index contributed by atoms with van der Waals surface area (Å²) in [5.74, 6) is 0.730. The van der Waals surface area contributed by atoms with Crippen molar-refractivity contribution in [3.8, 4) is 10.7 Å². The second-order valence-electron chi connectivity index (χ2n) is 5.65. The summed E-state index contributed by atoms with van der Waals surface area (Å²) in [6.45, 7) is 5.20. The molecule has 5 nitrogen and oxygen atoms in total. The number of benzene rings is 1. The minimum atomic E-state index is 0.483. The average molecular weight is 368 g/mol. The second kappa shape index (κ2) is 6.42. The summed E-state index contributed by atoms with van der Waals surface area (Å²) in [5.41, 5.74) is 3.52. The number of nitrogens with zero attached hydrogens (tertiary/aromatic N) is 4. The maximum absolute atomic E-state index is 5.35. The van der Waals surface area contributed by atoms with Crippen LogP contribution in [0.2, 0.25) is 0 Å². The first-order chi connectivity index (χ1) is 12.2. The summed E-state index contributed by atoms with van der Waals surface area (Å²) in [6, 6.07) is 12.4. The highest BCUT2D eigenvalue weighted by Crippen LogP contribution is 2.25. The van der Waals surface area contributed by atoms with E-state index in [0.717, 1.165) is 22.8 Å². The summed E-state index contributed by atoms with van der Waals surface area (Å²) >= 11 is 6.96. The van der Waals surface area contributed by atoms with Gasteiger partial charge in [-0.05, 0) is 43.6 Å². The molecule has 126 valence electrons. The lowest BCUT2D eigenvalue weighted by atomic mass is 10.1. The molecule has 3 aromatic heterocycles. The molecule has 0 spiro atoms. The fourth-order valence-electron chi connectivity index (χ4n) is 3.11. The molecule has 4 rings (SSSR count). The number of H-pyrrole nitrogens is 1. The van der Waals surface area contributed by atoms with E-state index in [1.165, 1.54) is 16.6 Å². The summed E-state index contributed by atoms with van der Waals surface area (Å²) in [4.78, 5) is 1.03. The third kappa shape index (κ3) is 2.65. The SMILES string of the molecule is CCn1c(C)c(/C=N\n2c(-c3cccs3)n[nH]c2=S)c2ccccc21. The number of hydrogen-bond acceptors (Lipinski definition) is 4. The third-order valence-electron chi connectivity index (χ3n) is 4.29. The lowest BCUT2D eigenvalue weighted by Gasteiger charge is -2.03. The Morgan fingerprint density at radius 3 is 2.88 bits per heavy atom. The molecule has 0 saturated carbocycles. The molecule has 0 fully saturated rings. The summed E-state index contributed by atoms with van der Waals surface area (Å²) in [6.07, 6.45) is 1.88. The van der Waals surface area contributed by atoms with Crippen LogP contribution in [0.1, 0.15) is 18.2 Å². The molecular formula is C18H17N5S2. The molecule has 0 atom stereocenters. The van der Waals surface area contributed by atoms with E-state index in [-0.39, 0.29) is 0 Å². The van der Waals surface area contributed by atoms with Crippen LogP contribution in [-0.2, 0) is 6.54 Å². The first-order valence-corrected chi connectivity index (χ1v) is 9.33. The molecule has 0 aliphatic rings. The van der Waals surface area contributed by atoms with Gasteiger partial charge in [-0.2, -0.15) is 14.9 Å². The minimum Gasteiger partial charge on any atom is -0.344 e. The van der Waals surface area contributed by atoms with E-state index >= 15 is 0 Å². The van der Waals surface area contributed by atoms with Gasteiger partial charge in [-0.3, -0.25) is 0 Å². The van der Waals surface area contributed by atoms with E-state index < -0.39 is 0 Å². The molecule has 0 saturated heterocycles. The molecule has 0 aliphatic heterocycles. The molecule has 25 heavy (non-hydrogen) atoms. The maximum atomic E-state index is 5.35. The van der Waals surface area contributed by atoms with E-state index in [2.05, 4.69) is 58.0 Å². The van der Waals surface area contributed by atoms with E-state index in [1.807, 2.05) is 23.7 Å². The number of nitrogens with one attached hydrogen (secondary N) is 1. The highest BCUT2D eigenvalue weighted by atomic mass is 32.1. The van der Waals surface area contributed by atoms with Crippen LogP contribution in [-0.4, -0.2) is 25.7 Å². The van der Waals surface area contributed by atoms with Crippen molar-refractivity contribution in [2.24, 2.45) is 5.10 Å². The predicted molar refractivity (Wildman–Crippen MR) is 106 cm³/mol. The highest BCUT2D eigenvalue weighted by Gasteiger charge is 2.12. The second-order valence-corrected chi connectivity index (χ2v) is 6.98. The number of para-hydroxylation sites is 1. The molecule has 1 N–H and O–H groups in total. The zero-order valence-corrected chi connectivity index (χ0v) is 15.6. The number of aromatic amines is 1. The van der Waals surface area contributed by atoms with Crippen LogP contribution in [0, 0.1) is 11.7 Å². The van der Waals surface area contributed by atoms with Crippen LogP contribution >= 0.6 is 23.6 Å². The summed E-state index contributed by atoms with van der Waals surface area (Å²) in [7, 11) is 0. The van der Waals surface area contributed by atoms with Gasteiger partial charge in [0.2, 0.25) is 4.77 Å². The molecule has 0 bridgehead atoms. The number of hydrogen-bond donors (Lipinski definition) is 1. The number of aryl methyl sites for hydroxylation is 1. The number of thiophene rings is 1. The molecule has 0 amide bonds. The van der Waals surface area contributed by atoms with Gasteiger partial charge in [0.1, 0.15) is 0 Å². The Hall–Kier alpha value is -2.51. The van der Waals surface area contributed by atoms with Crippen molar-refractivity contribution in [1.82, 2.24) is 19.4 Å². The Kier molecular flexibility index (Phi) is 4.10. The van der Waals surface area contributed by atoms with Gasteiger partial charge in [0.25, 0.3) is 0 Å². The summed E-state index contributed by atoms with van der Waals surface area (Å²) < 4.78 is 4.46. The normalized spacial score (nSPS) is 11.8. The molecule has 0 unspecified atom stereocenters. The molecule has 1 aromatic carbocycles. The highest BCUT2D eigenvalue weighted by molar-refractivity contribution is 7.71. The van der Waals surface area contributed by atoms with Crippen LogP contribution < -0.4 is 0 Å². The quantitative estimate of drug-likeness (QED) is 0.415. The zero-order chi connectivity index (χ0) is 17.4. The third-order valence-corrected chi connectivity index (χ3v) is 5.42. The Bertz CT molecular complexity index is 1110. The Morgan fingerprint density at radius 2 is 2.12 bits per heavy atom. The fourth-order valence-corrected chi connectivity index (χ4v) is 3.99. The predicted octanol–water partition coefficient (Wildman–Crippen LogP) is 4.83. The van der Waals surface area contributed by atoms with Gasteiger partial charge in [-0.1, -0.05) is 24.3 Å². The first-order valence-electron chi connectivity index (χ1n) is 8.04. The van der Waals surface area contributed by atoms with Crippen LogP contribution in [0.15, 0.2) is 46.9 Å². The Labute approximate surface area is 154 Å². The van der Waals surface area contributed by atoms with Gasteiger partial charge in [0.15, 0.2) is 5.82 Å². The summed E-state index contributed by atoms with van der Waals surface area (Å²) in [5, 5.41) is 15.0. The van der Waals surface area contributed by atoms with Crippen LogP contribution in [0.4, 0.5) is 0 Å². The number of aromatic nitrogens is 4. The molecule has 0 aliphatic carbocycles. The van der Waals surface area contributed by atoms with E-state index in [9.17, 15) is 0 Å². The Morgan fingerprint density at radius 1 is 1.28 bits per heavy atom. The lowest BCUT2D eigenvalue weighted by Crippen LogP contribution is -1.98. The van der Waals surface area contributed by atoms with Crippen molar-refractivity contribution in [2.45, 2.75) is 20.4 Å². The molecule has 4 aromatic rings. The van der Waals surface area contributed by atoms with Crippen molar-refractivity contribution < 1.29 is 0 Å². The van der Waals surface area contributed by atoms with Gasteiger partial charge < -0.3 is 4.57 Å². The average Bonchev–Trinajstić information content (AvgIpc) is 3.32. The lowest BCUT2D eigenvalue weighted by molar-refractivity contribution is 0.768. The minimum absolute atomic E-state index is 0.483. The molecular weight excluding hydrogens is 350 g/mol. The van der Waals surface area contributed by atoms with E-state index in [1.54, 1.807) is 16.0 Å². The topological polar surface area (TPSA) is 50.9 Å². The number of fused-ring (bicyclic) bond motifs is 1. The van der Waals surface area contributed by atoms with Crippen LogP contribution in [0.3, 0.4) is 0 Å². The van der Waals surface area contributed by atoms with Crippen molar-refractivity contribution in [2.75, 3.05) is 0 Å². The van der Waals surface area contributed by atoms with Crippen LogP contribution in [0.5, 0.6) is 0 Å². The van der Waals surface area contributed by atoms with Crippen molar-refractivity contribution in [1.29, 1.82) is 0 Å². The van der Waals surface area contributed by atoms with Crippen molar-refractivity contribution >= 4 is 40.7 Å². The van der Waals surface area contributed by atoms with Gasteiger partial charge >= 0.3 is 0 Å². The maximum Gasteiger partial charge on any atom is 0.216 e. The Balaban J connectivity index is 1.85. The van der Waals surface area contributed by atoms with Gasteiger partial charge in [-0.15, -0.1) is 11.3 Å². The monoisotopic (exact) mass is 367 g/mol. The van der Waals surface area contributed by atoms with Crippen LogP contribution in [0.25, 0.3) is 21.6 Å². The standard InChI is InChI=1S/C18H17N5S2/c1-3-22-12(2)14(13-7-4-5-8-15(13)22)11-19-23-17(20-21-18(23)24)16-9-6-10-25-16/h4-11H,3H2,1-2H3,(H,21,24)/b19-11-. The van der Waals surface area contributed by atoms with E-state index in [4.69, 9.17) is 12.2 Å². The largest absolute Gasteiger partial charge is 0.344 e. The van der Waals surface area contributed by atoms with Crippen molar-refractivity contribution in [3.63, 3.8) is 0 Å². The smallest absolute Gasteiger partial charge is 0.216 e. The molecule has 3 heterocycles. The number of rotatable bonds is 4. The zero-order valence-electron chi connectivity index (χ0n) is 13.9. The molecule has 7 heteroatoms. The molecule has 0 radical (unpaired) electrons.